The van der Waals surface area contributed by atoms with Crippen molar-refractivity contribution in [3.05, 3.63) is 53.7 Å². The number of aromatic nitrogens is 1. The molecule has 1 heterocycles. The van der Waals surface area contributed by atoms with Crippen LogP contribution in [0.25, 0.3) is 0 Å². The summed E-state index contributed by atoms with van der Waals surface area (Å²) >= 11 is 0. The van der Waals surface area contributed by atoms with Crippen molar-refractivity contribution in [2.24, 2.45) is 5.73 Å². The third kappa shape index (κ3) is 3.58. The highest BCUT2D eigenvalue weighted by Crippen LogP contribution is 2.31. The van der Waals surface area contributed by atoms with Gasteiger partial charge in [-0.25, -0.2) is 4.98 Å². The van der Waals surface area contributed by atoms with E-state index in [9.17, 15) is 0 Å². The first-order valence-electron chi connectivity index (χ1n) is 7.04. The molecule has 20 heavy (non-hydrogen) atoms. The number of nitrogens with two attached hydrogens (primary N) is 1. The molecule has 0 spiro atoms. The van der Waals surface area contributed by atoms with Crippen LogP contribution in [0, 0.1) is 0 Å². The SMILES string of the molecule is CC(N)Cc1cccnc1Oc1ccccc1C(C)C. The van der Waals surface area contributed by atoms with E-state index in [0.29, 0.717) is 11.8 Å². The summed E-state index contributed by atoms with van der Waals surface area (Å²) in [5.74, 6) is 1.93. The largest absolute Gasteiger partial charge is 0.438 e. The van der Waals surface area contributed by atoms with E-state index < -0.39 is 0 Å². The van der Waals surface area contributed by atoms with E-state index in [1.165, 1.54) is 5.56 Å². The van der Waals surface area contributed by atoms with E-state index >= 15 is 0 Å². The minimum absolute atomic E-state index is 0.0851. The van der Waals surface area contributed by atoms with E-state index in [1.54, 1.807) is 6.20 Å². The molecule has 1 unspecified atom stereocenters. The summed E-state index contributed by atoms with van der Waals surface area (Å²) in [4.78, 5) is 4.35. The summed E-state index contributed by atoms with van der Waals surface area (Å²) in [5.41, 5.74) is 8.11. The van der Waals surface area contributed by atoms with Gasteiger partial charge in [0.05, 0.1) is 0 Å². The fourth-order valence-electron chi connectivity index (χ4n) is 2.17. The molecule has 0 saturated carbocycles. The van der Waals surface area contributed by atoms with Crippen LogP contribution in [-0.2, 0) is 6.42 Å². The number of hydrogen-bond acceptors (Lipinski definition) is 3. The Hall–Kier alpha value is -1.87. The Balaban J connectivity index is 2.31. The van der Waals surface area contributed by atoms with Crippen LogP contribution in [-0.4, -0.2) is 11.0 Å². The zero-order valence-corrected chi connectivity index (χ0v) is 12.3. The average molecular weight is 270 g/mol. The fourth-order valence-corrected chi connectivity index (χ4v) is 2.17. The molecule has 0 aliphatic rings. The first-order chi connectivity index (χ1) is 9.58. The van der Waals surface area contributed by atoms with Gasteiger partial charge in [0.1, 0.15) is 5.75 Å². The van der Waals surface area contributed by atoms with Gasteiger partial charge in [-0.05, 0) is 37.0 Å². The number of benzene rings is 1. The van der Waals surface area contributed by atoms with Crippen LogP contribution in [0.4, 0.5) is 0 Å². The molecule has 3 nitrogen and oxygen atoms in total. The molecule has 2 aromatic rings. The molecule has 3 heteroatoms. The van der Waals surface area contributed by atoms with Crippen LogP contribution in [0.2, 0.25) is 0 Å². The van der Waals surface area contributed by atoms with Crippen LogP contribution < -0.4 is 10.5 Å². The summed E-state index contributed by atoms with van der Waals surface area (Å²) in [5, 5.41) is 0. The molecule has 0 amide bonds. The second-order valence-corrected chi connectivity index (χ2v) is 5.44. The van der Waals surface area contributed by atoms with E-state index in [1.807, 2.05) is 37.3 Å². The molecule has 106 valence electrons. The lowest BCUT2D eigenvalue weighted by molar-refractivity contribution is 0.446. The standard InChI is InChI=1S/C17H22N2O/c1-12(2)15-8-4-5-9-16(15)20-17-14(11-13(3)18)7-6-10-19-17/h4-10,12-13H,11,18H2,1-3H3. The Morgan fingerprint density at radius 1 is 1.10 bits per heavy atom. The molecule has 0 saturated heterocycles. The molecule has 0 aliphatic heterocycles. The third-order valence-corrected chi connectivity index (χ3v) is 3.14. The normalized spacial score (nSPS) is 12.4. The molecule has 1 atom stereocenters. The Labute approximate surface area is 120 Å². The lowest BCUT2D eigenvalue weighted by atomic mass is 10.0. The second kappa shape index (κ2) is 6.53. The Bertz CT molecular complexity index is 564. The highest BCUT2D eigenvalue weighted by atomic mass is 16.5. The van der Waals surface area contributed by atoms with Crippen molar-refractivity contribution in [3.63, 3.8) is 0 Å². The molecule has 0 radical (unpaired) electrons. The second-order valence-electron chi connectivity index (χ2n) is 5.44. The summed E-state index contributed by atoms with van der Waals surface area (Å²) in [7, 11) is 0. The topological polar surface area (TPSA) is 48.1 Å². The molecule has 0 fully saturated rings. The lowest BCUT2D eigenvalue weighted by Crippen LogP contribution is -2.18. The highest BCUT2D eigenvalue weighted by molar-refractivity contribution is 5.39. The van der Waals surface area contributed by atoms with E-state index in [-0.39, 0.29) is 6.04 Å². The number of rotatable bonds is 5. The van der Waals surface area contributed by atoms with Gasteiger partial charge in [0.25, 0.3) is 0 Å². The summed E-state index contributed by atoms with van der Waals surface area (Å²) in [6.45, 7) is 6.30. The van der Waals surface area contributed by atoms with Gasteiger partial charge in [0.2, 0.25) is 5.88 Å². The van der Waals surface area contributed by atoms with E-state index in [0.717, 1.165) is 17.7 Å². The number of pyridine rings is 1. The van der Waals surface area contributed by atoms with Crippen molar-refractivity contribution >= 4 is 0 Å². The molecule has 2 rings (SSSR count). The van der Waals surface area contributed by atoms with Crippen molar-refractivity contribution < 1.29 is 4.74 Å². The molecule has 1 aromatic carbocycles. The Morgan fingerprint density at radius 3 is 2.55 bits per heavy atom. The Morgan fingerprint density at radius 2 is 1.85 bits per heavy atom. The first kappa shape index (κ1) is 14.5. The maximum Gasteiger partial charge on any atom is 0.222 e. The van der Waals surface area contributed by atoms with Crippen molar-refractivity contribution in [2.45, 2.75) is 39.2 Å². The predicted molar refractivity (Wildman–Crippen MR) is 82.2 cm³/mol. The first-order valence-corrected chi connectivity index (χ1v) is 7.04. The molecule has 0 aliphatic carbocycles. The third-order valence-electron chi connectivity index (χ3n) is 3.14. The maximum absolute atomic E-state index is 6.04. The molecule has 0 bridgehead atoms. The lowest BCUT2D eigenvalue weighted by Gasteiger charge is -2.15. The molecular formula is C17H22N2O. The average Bonchev–Trinajstić information content (AvgIpc) is 2.41. The summed E-state index contributed by atoms with van der Waals surface area (Å²) in [6.07, 6.45) is 2.50. The quantitative estimate of drug-likeness (QED) is 0.896. The van der Waals surface area contributed by atoms with Crippen LogP contribution in [0.5, 0.6) is 11.6 Å². The zero-order valence-electron chi connectivity index (χ0n) is 12.3. The van der Waals surface area contributed by atoms with Gasteiger partial charge in [-0.2, -0.15) is 0 Å². The van der Waals surface area contributed by atoms with Crippen molar-refractivity contribution in [1.82, 2.24) is 4.98 Å². The highest BCUT2D eigenvalue weighted by Gasteiger charge is 2.12. The minimum atomic E-state index is 0.0851. The minimum Gasteiger partial charge on any atom is -0.438 e. The van der Waals surface area contributed by atoms with E-state index in [4.69, 9.17) is 10.5 Å². The van der Waals surface area contributed by atoms with E-state index in [2.05, 4.69) is 24.9 Å². The monoisotopic (exact) mass is 270 g/mol. The van der Waals surface area contributed by atoms with Crippen LogP contribution in [0.15, 0.2) is 42.6 Å². The van der Waals surface area contributed by atoms with Crippen LogP contribution >= 0.6 is 0 Å². The van der Waals surface area contributed by atoms with Crippen molar-refractivity contribution in [1.29, 1.82) is 0 Å². The number of nitrogens with zero attached hydrogens (tertiary/aromatic N) is 1. The number of para-hydroxylation sites is 1. The fraction of sp³-hybridized carbons (Fsp3) is 0.353. The van der Waals surface area contributed by atoms with Crippen molar-refractivity contribution in [2.75, 3.05) is 0 Å². The van der Waals surface area contributed by atoms with Gasteiger partial charge in [-0.1, -0.05) is 38.1 Å². The smallest absolute Gasteiger partial charge is 0.222 e. The molecule has 2 N–H and O–H groups in total. The summed E-state index contributed by atoms with van der Waals surface area (Å²) < 4.78 is 6.04. The van der Waals surface area contributed by atoms with Gasteiger partial charge in [-0.15, -0.1) is 0 Å². The number of ether oxygens (including phenoxy) is 1. The summed E-state index contributed by atoms with van der Waals surface area (Å²) in [6, 6.07) is 12.1. The predicted octanol–water partition coefficient (Wildman–Crippen LogP) is 3.89. The zero-order chi connectivity index (χ0) is 14.5. The van der Waals surface area contributed by atoms with Crippen LogP contribution in [0.3, 0.4) is 0 Å². The molecular weight excluding hydrogens is 248 g/mol. The van der Waals surface area contributed by atoms with Crippen molar-refractivity contribution in [3.8, 4) is 11.6 Å². The van der Waals surface area contributed by atoms with Gasteiger partial charge >= 0.3 is 0 Å². The molecule has 1 aromatic heterocycles. The van der Waals surface area contributed by atoms with Gasteiger partial charge < -0.3 is 10.5 Å². The van der Waals surface area contributed by atoms with Gasteiger partial charge in [-0.3, -0.25) is 0 Å². The van der Waals surface area contributed by atoms with Crippen LogP contribution in [0.1, 0.15) is 37.8 Å². The Kier molecular flexibility index (Phi) is 4.74. The maximum atomic E-state index is 6.04. The number of hydrogen-bond donors (Lipinski definition) is 1. The van der Waals surface area contributed by atoms with Gasteiger partial charge in [0.15, 0.2) is 0 Å². The van der Waals surface area contributed by atoms with Gasteiger partial charge in [0, 0.05) is 17.8 Å².